The highest BCUT2D eigenvalue weighted by molar-refractivity contribution is 5.77. The molecule has 1 saturated heterocycles. The second-order valence-electron chi connectivity index (χ2n) is 5.53. The molecule has 0 bridgehead atoms. The minimum atomic E-state index is 0.0935. The highest BCUT2D eigenvalue weighted by atomic mass is 16.2. The predicted octanol–water partition coefficient (Wildman–Crippen LogP) is 1.54. The summed E-state index contributed by atoms with van der Waals surface area (Å²) >= 11 is 0. The fraction of sp³-hybridized carbons (Fsp3) is 0.533. The number of benzene rings is 1. The monoisotopic (exact) mass is 259 g/mol. The van der Waals surface area contributed by atoms with E-state index in [-0.39, 0.29) is 12.1 Å². The maximum Gasteiger partial charge on any atom is 0.320 e. The molecule has 4 heteroatoms. The molecule has 1 aliphatic heterocycles. The van der Waals surface area contributed by atoms with Crippen LogP contribution in [0.5, 0.6) is 0 Å². The van der Waals surface area contributed by atoms with Gasteiger partial charge in [-0.1, -0.05) is 18.2 Å². The lowest BCUT2D eigenvalue weighted by Crippen LogP contribution is -2.33. The minimum Gasteiger partial charge on any atom is -0.329 e. The molecule has 2 aliphatic rings. The Labute approximate surface area is 114 Å². The van der Waals surface area contributed by atoms with Crippen molar-refractivity contribution < 1.29 is 4.79 Å². The molecule has 0 radical (unpaired) electrons. The van der Waals surface area contributed by atoms with Gasteiger partial charge in [-0.25, -0.2) is 4.79 Å². The first-order valence-electron chi connectivity index (χ1n) is 7.04. The van der Waals surface area contributed by atoms with Crippen molar-refractivity contribution in [2.75, 3.05) is 26.7 Å². The Hall–Kier alpha value is -1.55. The number of fused-ring (bicyclic) bond motifs is 1. The number of hydrogen-bond acceptors (Lipinski definition) is 2. The van der Waals surface area contributed by atoms with Crippen LogP contribution in [-0.4, -0.2) is 42.5 Å². The van der Waals surface area contributed by atoms with Gasteiger partial charge in [0.15, 0.2) is 0 Å². The van der Waals surface area contributed by atoms with E-state index < -0.39 is 0 Å². The van der Waals surface area contributed by atoms with Gasteiger partial charge < -0.3 is 15.5 Å². The van der Waals surface area contributed by atoms with Crippen LogP contribution in [0.25, 0.3) is 0 Å². The molecule has 1 atom stereocenters. The summed E-state index contributed by atoms with van der Waals surface area (Å²) in [6, 6.07) is 6.98. The molecule has 1 heterocycles. The Kier molecular flexibility index (Phi) is 3.19. The van der Waals surface area contributed by atoms with Crippen LogP contribution in [0.3, 0.4) is 0 Å². The molecule has 1 aromatic rings. The van der Waals surface area contributed by atoms with Gasteiger partial charge in [0.2, 0.25) is 0 Å². The van der Waals surface area contributed by atoms with E-state index in [9.17, 15) is 4.79 Å². The molecule has 4 nitrogen and oxygen atoms in total. The first-order chi connectivity index (χ1) is 9.20. The number of carbonyl (C=O) groups is 1. The number of rotatable bonds is 3. The van der Waals surface area contributed by atoms with Gasteiger partial charge in [0.25, 0.3) is 0 Å². The van der Waals surface area contributed by atoms with Crippen LogP contribution in [0.15, 0.2) is 18.2 Å². The van der Waals surface area contributed by atoms with Crippen LogP contribution >= 0.6 is 0 Å². The third-order valence-corrected chi connectivity index (χ3v) is 4.34. The van der Waals surface area contributed by atoms with Crippen LogP contribution in [-0.2, 0) is 12.8 Å². The predicted molar refractivity (Wildman–Crippen MR) is 75.0 cm³/mol. The minimum absolute atomic E-state index is 0.0935. The molecule has 0 spiro atoms. The van der Waals surface area contributed by atoms with Gasteiger partial charge in [-0.3, -0.25) is 0 Å². The van der Waals surface area contributed by atoms with Crippen molar-refractivity contribution in [3.63, 3.8) is 0 Å². The first kappa shape index (κ1) is 12.5. The van der Waals surface area contributed by atoms with E-state index in [2.05, 4.69) is 18.2 Å². The van der Waals surface area contributed by atoms with Crippen LogP contribution in [0.4, 0.5) is 4.79 Å². The maximum atomic E-state index is 12.1. The van der Waals surface area contributed by atoms with Gasteiger partial charge in [0.1, 0.15) is 0 Å². The second kappa shape index (κ2) is 4.85. The first-order valence-corrected chi connectivity index (χ1v) is 7.04. The number of hydrogen-bond donors (Lipinski definition) is 1. The lowest BCUT2D eigenvalue weighted by atomic mass is 10.0. The zero-order valence-corrected chi connectivity index (χ0v) is 11.4. The van der Waals surface area contributed by atoms with Gasteiger partial charge in [-0.05, 0) is 36.0 Å². The Morgan fingerprint density at radius 1 is 1.32 bits per heavy atom. The molecular formula is C15H21N3O. The number of nitrogens with two attached hydrogens (primary N) is 1. The number of amides is 2. The highest BCUT2D eigenvalue weighted by Gasteiger charge is 2.35. The van der Waals surface area contributed by atoms with E-state index in [4.69, 9.17) is 5.73 Å². The standard InChI is InChI=1S/C15H21N3O/c1-17-14(10-18(8-7-16)15(17)19)13-6-5-11-3-2-4-12(11)9-13/h5-6,9,14H,2-4,7-8,10,16H2,1H3. The SMILES string of the molecule is CN1C(=O)N(CCN)CC1c1ccc2c(c1)CCC2. The lowest BCUT2D eigenvalue weighted by molar-refractivity contribution is 0.196. The fourth-order valence-corrected chi connectivity index (χ4v) is 3.24. The van der Waals surface area contributed by atoms with Gasteiger partial charge in [-0.15, -0.1) is 0 Å². The molecule has 1 fully saturated rings. The molecule has 19 heavy (non-hydrogen) atoms. The van der Waals surface area contributed by atoms with E-state index in [0.29, 0.717) is 13.1 Å². The quantitative estimate of drug-likeness (QED) is 0.895. The number of likely N-dealkylation sites (N-methyl/N-ethyl adjacent to an activating group) is 1. The lowest BCUT2D eigenvalue weighted by Gasteiger charge is -2.19. The summed E-state index contributed by atoms with van der Waals surface area (Å²) in [5.41, 5.74) is 9.77. The largest absolute Gasteiger partial charge is 0.329 e. The van der Waals surface area contributed by atoms with E-state index in [1.54, 1.807) is 0 Å². The number of aryl methyl sites for hydroxylation is 2. The molecule has 1 aromatic carbocycles. The Balaban J connectivity index is 1.84. The molecule has 1 unspecified atom stereocenters. The van der Waals surface area contributed by atoms with E-state index >= 15 is 0 Å². The average molecular weight is 259 g/mol. The van der Waals surface area contributed by atoms with Crippen molar-refractivity contribution in [1.29, 1.82) is 0 Å². The van der Waals surface area contributed by atoms with Gasteiger partial charge in [-0.2, -0.15) is 0 Å². The summed E-state index contributed by atoms with van der Waals surface area (Å²) in [5.74, 6) is 0. The molecule has 2 N–H and O–H groups in total. The van der Waals surface area contributed by atoms with E-state index in [1.807, 2.05) is 16.8 Å². The summed E-state index contributed by atoms with van der Waals surface area (Å²) in [6.45, 7) is 1.92. The molecule has 0 aromatic heterocycles. The summed E-state index contributed by atoms with van der Waals surface area (Å²) in [4.78, 5) is 15.8. The van der Waals surface area contributed by atoms with Gasteiger partial charge in [0.05, 0.1) is 6.04 Å². The molecule has 0 saturated carbocycles. The van der Waals surface area contributed by atoms with Crippen LogP contribution < -0.4 is 5.73 Å². The second-order valence-corrected chi connectivity index (χ2v) is 5.53. The average Bonchev–Trinajstić information content (AvgIpc) is 2.98. The number of carbonyl (C=O) groups excluding carboxylic acids is 1. The van der Waals surface area contributed by atoms with Gasteiger partial charge in [0, 0.05) is 26.7 Å². The number of urea groups is 1. The van der Waals surface area contributed by atoms with Crippen LogP contribution in [0, 0.1) is 0 Å². The topological polar surface area (TPSA) is 49.6 Å². The zero-order valence-electron chi connectivity index (χ0n) is 11.4. The van der Waals surface area contributed by atoms with Crippen molar-refractivity contribution in [3.8, 4) is 0 Å². The molecule has 2 amide bonds. The van der Waals surface area contributed by atoms with Crippen molar-refractivity contribution in [3.05, 3.63) is 34.9 Å². The molecule has 1 aliphatic carbocycles. The van der Waals surface area contributed by atoms with Crippen LogP contribution in [0.2, 0.25) is 0 Å². The van der Waals surface area contributed by atoms with Crippen molar-refractivity contribution in [1.82, 2.24) is 9.80 Å². The molecular weight excluding hydrogens is 238 g/mol. The van der Waals surface area contributed by atoms with Crippen LogP contribution in [0.1, 0.15) is 29.2 Å². The zero-order chi connectivity index (χ0) is 13.4. The summed E-state index contributed by atoms with van der Waals surface area (Å²) in [5, 5.41) is 0. The van der Waals surface area contributed by atoms with Crippen molar-refractivity contribution in [2.24, 2.45) is 5.73 Å². The molecule has 3 rings (SSSR count). The van der Waals surface area contributed by atoms with Crippen molar-refractivity contribution in [2.45, 2.75) is 25.3 Å². The van der Waals surface area contributed by atoms with E-state index in [1.165, 1.54) is 36.0 Å². The third kappa shape index (κ3) is 2.10. The maximum absolute atomic E-state index is 12.1. The Morgan fingerprint density at radius 3 is 2.89 bits per heavy atom. The third-order valence-electron chi connectivity index (χ3n) is 4.34. The van der Waals surface area contributed by atoms with Crippen molar-refractivity contribution >= 4 is 6.03 Å². The van der Waals surface area contributed by atoms with Gasteiger partial charge >= 0.3 is 6.03 Å². The Morgan fingerprint density at radius 2 is 2.11 bits per heavy atom. The number of nitrogens with zero attached hydrogens (tertiary/aromatic N) is 2. The van der Waals surface area contributed by atoms with E-state index in [0.717, 1.165) is 6.54 Å². The highest BCUT2D eigenvalue weighted by Crippen LogP contribution is 2.31. The Bertz CT molecular complexity index is 500. The molecule has 102 valence electrons. The summed E-state index contributed by atoms with van der Waals surface area (Å²) in [6.07, 6.45) is 3.64. The fourth-order valence-electron chi connectivity index (χ4n) is 3.24. The normalized spacial score (nSPS) is 22.2. The summed E-state index contributed by atoms with van der Waals surface area (Å²) in [7, 11) is 1.89. The summed E-state index contributed by atoms with van der Waals surface area (Å²) < 4.78 is 0. The smallest absolute Gasteiger partial charge is 0.320 e.